The molecule has 0 aliphatic rings. The number of aryl methyl sites for hydroxylation is 2. The molecule has 1 heterocycles. The first kappa shape index (κ1) is 15.8. The molecule has 5 heteroatoms. The summed E-state index contributed by atoms with van der Waals surface area (Å²) in [6.45, 7) is 4.87. The van der Waals surface area contributed by atoms with Gasteiger partial charge < -0.3 is 10.6 Å². The molecule has 0 radical (unpaired) electrons. The van der Waals surface area contributed by atoms with E-state index in [1.165, 1.54) is 10.5 Å². The molecule has 110 valence electrons. The van der Waals surface area contributed by atoms with Crippen LogP contribution in [0.15, 0.2) is 47.4 Å². The van der Waals surface area contributed by atoms with Gasteiger partial charge in [0.25, 0.3) is 0 Å². The third-order valence-electron chi connectivity index (χ3n) is 2.81. The Balaban J connectivity index is 1.68. The smallest absolute Gasteiger partial charge is 0.171 e. The van der Waals surface area contributed by atoms with Crippen molar-refractivity contribution in [1.82, 2.24) is 10.3 Å². The van der Waals surface area contributed by atoms with Crippen molar-refractivity contribution in [2.45, 2.75) is 18.7 Å². The van der Waals surface area contributed by atoms with Crippen molar-refractivity contribution in [2.24, 2.45) is 0 Å². The second kappa shape index (κ2) is 8.00. The summed E-state index contributed by atoms with van der Waals surface area (Å²) in [5.41, 5.74) is 2.26. The van der Waals surface area contributed by atoms with Crippen molar-refractivity contribution in [3.8, 4) is 0 Å². The Labute approximate surface area is 135 Å². The molecule has 0 amide bonds. The number of nitrogens with one attached hydrogen (secondary N) is 2. The van der Waals surface area contributed by atoms with Crippen molar-refractivity contribution in [3.63, 3.8) is 0 Å². The van der Waals surface area contributed by atoms with Crippen LogP contribution >= 0.6 is 24.0 Å². The number of aromatic nitrogens is 1. The molecule has 0 aliphatic carbocycles. The summed E-state index contributed by atoms with van der Waals surface area (Å²) in [6, 6.07) is 14.4. The molecule has 0 atom stereocenters. The van der Waals surface area contributed by atoms with Crippen LogP contribution in [-0.2, 0) is 0 Å². The molecule has 0 spiro atoms. The number of nitrogens with zero attached hydrogens (tertiary/aromatic N) is 1. The van der Waals surface area contributed by atoms with Crippen LogP contribution in [0.4, 0.5) is 5.82 Å². The molecule has 2 rings (SSSR count). The summed E-state index contributed by atoms with van der Waals surface area (Å²) in [5.74, 6) is 1.74. The number of thioether (sulfide) groups is 1. The second-order valence-corrected chi connectivity index (χ2v) is 6.28. The first-order chi connectivity index (χ1) is 10.1. The largest absolute Gasteiger partial charge is 0.362 e. The van der Waals surface area contributed by atoms with Gasteiger partial charge in [-0.3, -0.25) is 0 Å². The average Bonchev–Trinajstić information content (AvgIpc) is 2.45. The zero-order valence-corrected chi connectivity index (χ0v) is 13.9. The number of thiocarbonyl (C=S) groups is 1. The Morgan fingerprint density at radius 2 is 1.90 bits per heavy atom. The van der Waals surface area contributed by atoms with Gasteiger partial charge in [0.15, 0.2) is 5.11 Å². The fourth-order valence-corrected chi connectivity index (χ4v) is 2.72. The molecule has 1 aromatic heterocycles. The van der Waals surface area contributed by atoms with Gasteiger partial charge in [0.05, 0.1) is 0 Å². The number of benzene rings is 1. The lowest BCUT2D eigenvalue weighted by atomic mass is 10.2. The molecular weight excluding hydrogens is 298 g/mol. The van der Waals surface area contributed by atoms with Crippen LogP contribution in [0.5, 0.6) is 0 Å². The maximum atomic E-state index is 5.25. The van der Waals surface area contributed by atoms with Gasteiger partial charge in [-0.1, -0.05) is 23.8 Å². The number of pyridine rings is 1. The molecule has 0 saturated heterocycles. The van der Waals surface area contributed by atoms with Gasteiger partial charge in [-0.05, 0) is 50.3 Å². The van der Waals surface area contributed by atoms with E-state index in [-0.39, 0.29) is 0 Å². The Kier molecular flexibility index (Phi) is 6.02. The number of anilines is 1. The molecule has 0 saturated carbocycles. The van der Waals surface area contributed by atoms with Crippen LogP contribution < -0.4 is 10.6 Å². The molecule has 0 bridgehead atoms. The van der Waals surface area contributed by atoms with Crippen molar-refractivity contribution < 1.29 is 0 Å². The van der Waals surface area contributed by atoms with Gasteiger partial charge in [0.1, 0.15) is 5.82 Å². The van der Waals surface area contributed by atoms with Crippen molar-refractivity contribution in [1.29, 1.82) is 0 Å². The van der Waals surface area contributed by atoms with Gasteiger partial charge in [-0.25, -0.2) is 4.98 Å². The number of hydrogen-bond acceptors (Lipinski definition) is 3. The molecule has 1 aromatic carbocycles. The molecule has 21 heavy (non-hydrogen) atoms. The van der Waals surface area contributed by atoms with Gasteiger partial charge in [0, 0.05) is 22.9 Å². The van der Waals surface area contributed by atoms with E-state index in [4.69, 9.17) is 12.2 Å². The lowest BCUT2D eigenvalue weighted by Crippen LogP contribution is -2.30. The van der Waals surface area contributed by atoms with E-state index in [0.29, 0.717) is 5.11 Å². The quantitative estimate of drug-likeness (QED) is 0.499. The van der Waals surface area contributed by atoms with E-state index in [2.05, 4.69) is 46.8 Å². The number of hydrogen-bond donors (Lipinski definition) is 2. The van der Waals surface area contributed by atoms with E-state index < -0.39 is 0 Å². The summed E-state index contributed by atoms with van der Waals surface area (Å²) in [7, 11) is 0. The summed E-state index contributed by atoms with van der Waals surface area (Å²) in [4.78, 5) is 5.63. The van der Waals surface area contributed by atoms with Gasteiger partial charge in [-0.2, -0.15) is 0 Å². The van der Waals surface area contributed by atoms with Crippen LogP contribution in [0.25, 0.3) is 0 Å². The average molecular weight is 317 g/mol. The monoisotopic (exact) mass is 317 g/mol. The minimum atomic E-state index is 0.609. The zero-order chi connectivity index (χ0) is 15.1. The third kappa shape index (κ3) is 5.73. The molecule has 0 aliphatic heterocycles. The lowest BCUT2D eigenvalue weighted by molar-refractivity contribution is 0.988. The highest BCUT2D eigenvalue weighted by Crippen LogP contribution is 2.17. The summed E-state index contributed by atoms with van der Waals surface area (Å²) < 4.78 is 0. The van der Waals surface area contributed by atoms with Crippen LogP contribution in [-0.4, -0.2) is 22.4 Å². The molecular formula is C16H19N3S2. The Bertz CT molecular complexity index is 597. The zero-order valence-electron chi connectivity index (χ0n) is 12.2. The van der Waals surface area contributed by atoms with Gasteiger partial charge in [-0.15, -0.1) is 11.8 Å². The maximum Gasteiger partial charge on any atom is 0.171 e. The topological polar surface area (TPSA) is 37.0 Å². The third-order valence-corrected chi connectivity index (χ3v) is 4.07. The van der Waals surface area contributed by atoms with E-state index >= 15 is 0 Å². The lowest BCUT2D eigenvalue weighted by Gasteiger charge is -2.10. The highest BCUT2D eigenvalue weighted by molar-refractivity contribution is 7.99. The van der Waals surface area contributed by atoms with Crippen molar-refractivity contribution in [3.05, 3.63) is 53.7 Å². The van der Waals surface area contributed by atoms with Crippen LogP contribution in [0.3, 0.4) is 0 Å². The molecule has 2 N–H and O–H groups in total. The summed E-state index contributed by atoms with van der Waals surface area (Å²) in [5, 5.41) is 6.89. The fraction of sp³-hybridized carbons (Fsp3) is 0.250. The molecule has 0 fully saturated rings. The normalized spacial score (nSPS) is 10.2. The second-order valence-electron chi connectivity index (χ2n) is 4.71. The van der Waals surface area contributed by atoms with Gasteiger partial charge in [0.2, 0.25) is 0 Å². The molecule has 3 nitrogen and oxygen atoms in total. The fourth-order valence-electron chi connectivity index (χ4n) is 1.74. The minimum absolute atomic E-state index is 0.609. The van der Waals surface area contributed by atoms with E-state index in [1.807, 2.05) is 36.9 Å². The summed E-state index contributed by atoms with van der Waals surface area (Å²) in [6.07, 6.45) is 0. The van der Waals surface area contributed by atoms with Crippen LogP contribution in [0.2, 0.25) is 0 Å². The first-order valence-electron chi connectivity index (χ1n) is 6.81. The standard InChI is InChI=1S/C16H19N3S2/c1-12-6-8-14(9-7-12)21-11-10-17-16(20)19-15-5-3-4-13(2)18-15/h3-9H,10-11H2,1-2H3,(H2,17,18,19,20). The Morgan fingerprint density at radius 1 is 1.14 bits per heavy atom. The molecule has 2 aromatic rings. The van der Waals surface area contributed by atoms with Gasteiger partial charge >= 0.3 is 0 Å². The van der Waals surface area contributed by atoms with Crippen molar-refractivity contribution >= 4 is 34.9 Å². The predicted molar refractivity (Wildman–Crippen MR) is 95.1 cm³/mol. The van der Waals surface area contributed by atoms with Crippen LogP contribution in [0, 0.1) is 13.8 Å². The Morgan fingerprint density at radius 3 is 2.62 bits per heavy atom. The minimum Gasteiger partial charge on any atom is -0.362 e. The van der Waals surface area contributed by atoms with Crippen LogP contribution in [0.1, 0.15) is 11.3 Å². The summed E-state index contributed by atoms with van der Waals surface area (Å²) >= 11 is 7.07. The maximum absolute atomic E-state index is 5.25. The number of rotatable bonds is 5. The Hall–Kier alpha value is -1.59. The van der Waals surface area contributed by atoms with E-state index in [9.17, 15) is 0 Å². The molecule has 0 unspecified atom stereocenters. The predicted octanol–water partition coefficient (Wildman–Crippen LogP) is 3.78. The van der Waals surface area contributed by atoms with E-state index in [0.717, 1.165) is 23.8 Å². The first-order valence-corrected chi connectivity index (χ1v) is 8.21. The SMILES string of the molecule is Cc1ccc(SCCNC(=S)Nc2cccc(C)n2)cc1. The van der Waals surface area contributed by atoms with E-state index in [1.54, 1.807) is 0 Å². The highest BCUT2D eigenvalue weighted by atomic mass is 32.2. The van der Waals surface area contributed by atoms with Crippen molar-refractivity contribution in [2.75, 3.05) is 17.6 Å². The highest BCUT2D eigenvalue weighted by Gasteiger charge is 1.99.